The van der Waals surface area contributed by atoms with Crippen LogP contribution in [0.4, 0.5) is 0 Å². The Bertz CT molecular complexity index is 1030. The number of carboxylic acid groups (broad SMARTS) is 1. The Morgan fingerprint density at radius 1 is 1.32 bits per heavy atom. The van der Waals surface area contributed by atoms with Gasteiger partial charge in [-0.2, -0.15) is 0 Å². The van der Waals surface area contributed by atoms with Crippen molar-refractivity contribution < 1.29 is 9.90 Å². The molecule has 25 heavy (non-hydrogen) atoms. The number of nitrogens with zero attached hydrogens (tertiary/aromatic N) is 2. The smallest absolute Gasteiger partial charge is 0.303 e. The van der Waals surface area contributed by atoms with Crippen LogP contribution >= 0.6 is 34.5 Å². The largest absolute Gasteiger partial charge is 0.481 e. The Hall–Kier alpha value is -1.89. The maximum absolute atomic E-state index is 13.0. The lowest BCUT2D eigenvalue weighted by Crippen LogP contribution is -2.24. The van der Waals surface area contributed by atoms with Crippen molar-refractivity contribution in [3.8, 4) is 11.1 Å². The van der Waals surface area contributed by atoms with Gasteiger partial charge in [0.1, 0.15) is 10.7 Å². The molecule has 2 aromatic heterocycles. The van der Waals surface area contributed by atoms with Gasteiger partial charge < -0.3 is 5.11 Å². The van der Waals surface area contributed by atoms with Crippen molar-refractivity contribution in [2.45, 2.75) is 26.3 Å². The predicted octanol–water partition coefficient (Wildman–Crippen LogP) is 4.61. The SMILES string of the molecule is Cc1nc2scc(-c3ccc(Cl)c(Cl)c3)c2c(=O)n1CCCC(=O)O. The highest BCUT2D eigenvalue weighted by atomic mass is 35.5. The molecule has 3 rings (SSSR count). The first-order valence-corrected chi connectivity index (χ1v) is 9.18. The summed E-state index contributed by atoms with van der Waals surface area (Å²) in [6.45, 7) is 2.07. The summed E-state index contributed by atoms with van der Waals surface area (Å²) in [5, 5.41) is 12.0. The first-order valence-electron chi connectivity index (χ1n) is 7.54. The fourth-order valence-electron chi connectivity index (χ4n) is 2.65. The van der Waals surface area contributed by atoms with Gasteiger partial charge in [0, 0.05) is 23.9 Å². The minimum Gasteiger partial charge on any atom is -0.481 e. The quantitative estimate of drug-likeness (QED) is 0.683. The van der Waals surface area contributed by atoms with Crippen molar-refractivity contribution in [1.29, 1.82) is 0 Å². The van der Waals surface area contributed by atoms with E-state index in [-0.39, 0.29) is 12.0 Å². The molecule has 0 amide bonds. The monoisotopic (exact) mass is 396 g/mol. The molecule has 0 aliphatic carbocycles. The van der Waals surface area contributed by atoms with Crippen LogP contribution in [-0.4, -0.2) is 20.6 Å². The van der Waals surface area contributed by atoms with Gasteiger partial charge in [-0.05, 0) is 31.0 Å². The van der Waals surface area contributed by atoms with Crippen LogP contribution in [0.1, 0.15) is 18.7 Å². The van der Waals surface area contributed by atoms with Crippen molar-refractivity contribution in [1.82, 2.24) is 9.55 Å². The van der Waals surface area contributed by atoms with E-state index in [9.17, 15) is 9.59 Å². The molecule has 0 fully saturated rings. The molecule has 0 unspecified atom stereocenters. The van der Waals surface area contributed by atoms with Gasteiger partial charge in [-0.15, -0.1) is 11.3 Å². The Balaban J connectivity index is 2.11. The van der Waals surface area contributed by atoms with Gasteiger partial charge in [-0.3, -0.25) is 14.2 Å². The van der Waals surface area contributed by atoms with Gasteiger partial charge in [0.15, 0.2) is 0 Å². The number of aliphatic carboxylic acids is 1. The van der Waals surface area contributed by atoms with Crippen LogP contribution in [0.25, 0.3) is 21.3 Å². The van der Waals surface area contributed by atoms with Crippen molar-refractivity contribution in [2.24, 2.45) is 0 Å². The van der Waals surface area contributed by atoms with Crippen LogP contribution in [0.3, 0.4) is 0 Å². The van der Waals surface area contributed by atoms with Crippen LogP contribution in [0.2, 0.25) is 10.0 Å². The third kappa shape index (κ3) is 3.56. The Morgan fingerprint density at radius 3 is 2.76 bits per heavy atom. The van der Waals surface area contributed by atoms with Crippen molar-refractivity contribution in [3.05, 3.63) is 49.8 Å². The zero-order valence-electron chi connectivity index (χ0n) is 13.3. The third-order valence-electron chi connectivity index (χ3n) is 3.89. The van der Waals surface area contributed by atoms with Crippen LogP contribution in [0.5, 0.6) is 0 Å². The maximum atomic E-state index is 13.0. The summed E-state index contributed by atoms with van der Waals surface area (Å²) in [5.41, 5.74) is 1.37. The molecule has 0 spiro atoms. The van der Waals surface area contributed by atoms with E-state index in [1.807, 2.05) is 11.4 Å². The normalized spacial score (nSPS) is 11.2. The maximum Gasteiger partial charge on any atom is 0.303 e. The summed E-state index contributed by atoms with van der Waals surface area (Å²) in [6.07, 6.45) is 0.378. The van der Waals surface area contributed by atoms with E-state index in [1.54, 1.807) is 19.1 Å². The fourth-order valence-corrected chi connectivity index (χ4v) is 3.94. The summed E-state index contributed by atoms with van der Waals surface area (Å²) in [4.78, 5) is 28.8. The van der Waals surface area contributed by atoms with Crippen LogP contribution in [0.15, 0.2) is 28.4 Å². The van der Waals surface area contributed by atoms with E-state index in [4.69, 9.17) is 28.3 Å². The minimum atomic E-state index is -0.883. The standard InChI is InChI=1S/C17H14Cl2N2O3S/c1-9-20-16-15(17(24)21(9)6-2-3-14(22)23)11(8-25-16)10-4-5-12(18)13(19)7-10/h4-5,7-8H,2-3,6H2,1H3,(H,22,23). The third-order valence-corrected chi connectivity index (χ3v) is 5.50. The predicted molar refractivity (Wildman–Crippen MR) is 101 cm³/mol. The fraction of sp³-hybridized carbons (Fsp3) is 0.235. The second-order valence-electron chi connectivity index (χ2n) is 5.57. The molecule has 0 radical (unpaired) electrons. The van der Waals surface area contributed by atoms with E-state index in [0.717, 1.165) is 11.1 Å². The molecule has 3 aromatic rings. The molecule has 0 atom stereocenters. The van der Waals surface area contributed by atoms with Gasteiger partial charge in [0.2, 0.25) is 0 Å². The van der Waals surface area contributed by atoms with E-state index < -0.39 is 5.97 Å². The zero-order chi connectivity index (χ0) is 18.1. The number of aromatic nitrogens is 2. The lowest BCUT2D eigenvalue weighted by atomic mass is 10.1. The van der Waals surface area contributed by atoms with E-state index in [0.29, 0.717) is 39.1 Å². The Labute approximate surface area is 157 Å². The average Bonchev–Trinajstić information content (AvgIpc) is 2.96. The summed E-state index contributed by atoms with van der Waals surface area (Å²) in [5.74, 6) is -0.308. The number of carbonyl (C=O) groups is 1. The molecule has 8 heteroatoms. The second-order valence-corrected chi connectivity index (χ2v) is 7.24. The molecular weight excluding hydrogens is 383 g/mol. The highest BCUT2D eigenvalue weighted by molar-refractivity contribution is 7.17. The van der Waals surface area contributed by atoms with Gasteiger partial charge in [0.05, 0.1) is 15.4 Å². The molecular formula is C17H14Cl2N2O3S. The molecule has 2 heterocycles. The van der Waals surface area contributed by atoms with Gasteiger partial charge in [-0.1, -0.05) is 29.3 Å². The minimum absolute atomic E-state index is 0.00715. The summed E-state index contributed by atoms with van der Waals surface area (Å²) in [7, 11) is 0. The summed E-state index contributed by atoms with van der Waals surface area (Å²) in [6, 6.07) is 5.22. The number of thiophene rings is 1. The van der Waals surface area contributed by atoms with Gasteiger partial charge in [0.25, 0.3) is 5.56 Å². The van der Waals surface area contributed by atoms with Crippen LogP contribution in [0, 0.1) is 6.92 Å². The summed E-state index contributed by atoms with van der Waals surface area (Å²) >= 11 is 13.4. The van der Waals surface area contributed by atoms with E-state index in [2.05, 4.69) is 4.98 Å². The molecule has 130 valence electrons. The Morgan fingerprint density at radius 2 is 2.08 bits per heavy atom. The van der Waals surface area contributed by atoms with E-state index >= 15 is 0 Å². The number of carboxylic acids is 1. The molecule has 0 saturated heterocycles. The number of aryl methyl sites for hydroxylation is 1. The first kappa shape index (κ1) is 17.9. The summed E-state index contributed by atoms with van der Waals surface area (Å²) < 4.78 is 1.53. The van der Waals surface area contributed by atoms with Gasteiger partial charge >= 0.3 is 5.97 Å². The molecule has 5 nitrogen and oxygen atoms in total. The van der Waals surface area contributed by atoms with Crippen molar-refractivity contribution in [2.75, 3.05) is 0 Å². The van der Waals surface area contributed by atoms with Gasteiger partial charge in [-0.25, -0.2) is 4.98 Å². The van der Waals surface area contributed by atoms with Crippen LogP contribution in [-0.2, 0) is 11.3 Å². The molecule has 1 N–H and O–H groups in total. The van der Waals surface area contributed by atoms with Crippen LogP contribution < -0.4 is 5.56 Å². The topological polar surface area (TPSA) is 72.2 Å². The second kappa shape index (κ2) is 7.15. The van der Waals surface area contributed by atoms with Crippen molar-refractivity contribution >= 4 is 50.7 Å². The zero-order valence-corrected chi connectivity index (χ0v) is 15.6. The van der Waals surface area contributed by atoms with E-state index in [1.165, 1.54) is 15.9 Å². The van der Waals surface area contributed by atoms with Crippen molar-refractivity contribution in [3.63, 3.8) is 0 Å². The highest BCUT2D eigenvalue weighted by Crippen LogP contribution is 2.34. The highest BCUT2D eigenvalue weighted by Gasteiger charge is 2.16. The molecule has 1 aromatic carbocycles. The molecule has 0 aliphatic heterocycles. The lowest BCUT2D eigenvalue weighted by molar-refractivity contribution is -0.137. The number of benzene rings is 1. The number of halogens is 2. The number of fused-ring (bicyclic) bond motifs is 1. The number of hydrogen-bond acceptors (Lipinski definition) is 4. The number of rotatable bonds is 5. The Kier molecular flexibility index (Phi) is 5.13. The lowest BCUT2D eigenvalue weighted by Gasteiger charge is -2.09. The molecule has 0 aliphatic rings. The molecule has 0 saturated carbocycles. The average molecular weight is 397 g/mol. The number of hydrogen-bond donors (Lipinski definition) is 1. The molecule has 0 bridgehead atoms. The first-order chi connectivity index (χ1) is 11.9.